The van der Waals surface area contributed by atoms with Crippen molar-refractivity contribution in [2.75, 3.05) is 20.6 Å². The van der Waals surface area contributed by atoms with Gasteiger partial charge < -0.3 is 19.9 Å². The first-order valence-corrected chi connectivity index (χ1v) is 10.4. The molecule has 2 N–H and O–H groups in total. The molecule has 0 saturated carbocycles. The van der Waals surface area contributed by atoms with E-state index in [4.69, 9.17) is 10.5 Å². The summed E-state index contributed by atoms with van der Waals surface area (Å²) in [5.41, 5.74) is 8.44. The highest BCUT2D eigenvalue weighted by Crippen LogP contribution is 2.40. The van der Waals surface area contributed by atoms with Crippen LogP contribution in [-0.4, -0.2) is 30.1 Å². The van der Waals surface area contributed by atoms with Crippen molar-refractivity contribution in [2.24, 2.45) is 5.73 Å². The van der Waals surface area contributed by atoms with Gasteiger partial charge in [0.2, 0.25) is 5.88 Å². The lowest BCUT2D eigenvalue weighted by Crippen LogP contribution is -2.35. The average Bonchev–Trinajstić information content (AvgIpc) is 2.67. The van der Waals surface area contributed by atoms with E-state index in [2.05, 4.69) is 28.9 Å². The van der Waals surface area contributed by atoms with E-state index < -0.39 is 5.92 Å². The Morgan fingerprint density at radius 3 is 2.59 bits per heavy atom. The summed E-state index contributed by atoms with van der Waals surface area (Å²) in [6, 6.07) is 11.7. The quantitative estimate of drug-likeness (QED) is 0.720. The van der Waals surface area contributed by atoms with Crippen LogP contribution in [0.15, 0.2) is 51.1 Å². The van der Waals surface area contributed by atoms with E-state index in [0.717, 1.165) is 35.1 Å². The lowest BCUT2D eigenvalue weighted by atomic mass is 9.84. The lowest BCUT2D eigenvalue weighted by molar-refractivity contribution is 0.367. The van der Waals surface area contributed by atoms with Crippen molar-refractivity contribution in [2.45, 2.75) is 32.2 Å². The summed E-state index contributed by atoms with van der Waals surface area (Å²) in [6.07, 6.45) is 1.67. The molecule has 7 heteroatoms. The molecule has 2 heterocycles. The fourth-order valence-corrected chi connectivity index (χ4v) is 3.88. The van der Waals surface area contributed by atoms with Gasteiger partial charge in [-0.2, -0.15) is 5.26 Å². The highest BCUT2D eigenvalue weighted by Gasteiger charge is 2.34. The standard InChI is InChI=1S/C22H25BrN4O2/c1-4-5-16-12-18-20(22(28)27(16)11-10-26(2)3)19(17(13-24)21(25)29-18)14-6-8-15(23)9-7-14/h6-9,12,19H,4-5,10-11,25H2,1-3H3. The van der Waals surface area contributed by atoms with Crippen LogP contribution in [0.2, 0.25) is 0 Å². The third-order valence-corrected chi connectivity index (χ3v) is 5.58. The molecule has 3 rings (SSSR count). The van der Waals surface area contributed by atoms with Gasteiger partial charge >= 0.3 is 0 Å². The van der Waals surface area contributed by atoms with Crippen molar-refractivity contribution in [1.82, 2.24) is 9.47 Å². The second-order valence-corrected chi connectivity index (χ2v) is 8.32. The second-order valence-electron chi connectivity index (χ2n) is 7.40. The zero-order valence-electron chi connectivity index (χ0n) is 16.9. The normalized spacial score (nSPS) is 15.8. The summed E-state index contributed by atoms with van der Waals surface area (Å²) < 4.78 is 8.50. The molecular weight excluding hydrogens is 432 g/mol. The van der Waals surface area contributed by atoms with Gasteiger partial charge in [-0.3, -0.25) is 4.79 Å². The van der Waals surface area contributed by atoms with Crippen LogP contribution in [0.4, 0.5) is 0 Å². The van der Waals surface area contributed by atoms with Crippen LogP contribution in [0.5, 0.6) is 5.75 Å². The van der Waals surface area contributed by atoms with Crippen molar-refractivity contribution in [3.8, 4) is 11.8 Å². The first-order valence-electron chi connectivity index (χ1n) is 9.61. The Hall–Kier alpha value is -2.56. The fraction of sp³-hybridized carbons (Fsp3) is 0.364. The summed E-state index contributed by atoms with van der Waals surface area (Å²) >= 11 is 3.44. The number of ether oxygens (including phenoxy) is 1. The molecule has 0 spiro atoms. The number of hydrogen-bond donors (Lipinski definition) is 1. The molecule has 152 valence electrons. The number of aryl methyl sites for hydroxylation is 1. The van der Waals surface area contributed by atoms with Gasteiger partial charge in [0.15, 0.2) is 0 Å². The van der Waals surface area contributed by atoms with E-state index in [1.807, 2.05) is 53.9 Å². The van der Waals surface area contributed by atoms with E-state index in [1.165, 1.54) is 0 Å². The summed E-state index contributed by atoms with van der Waals surface area (Å²) in [5, 5.41) is 9.76. The predicted molar refractivity (Wildman–Crippen MR) is 117 cm³/mol. The number of halogens is 1. The monoisotopic (exact) mass is 456 g/mol. The number of benzene rings is 1. The maximum atomic E-state index is 13.6. The molecule has 6 nitrogen and oxygen atoms in total. The van der Waals surface area contributed by atoms with E-state index in [-0.39, 0.29) is 17.0 Å². The second kappa shape index (κ2) is 8.85. The number of fused-ring (bicyclic) bond motifs is 1. The summed E-state index contributed by atoms with van der Waals surface area (Å²) in [5.74, 6) is -0.0459. The smallest absolute Gasteiger partial charge is 0.258 e. The number of aromatic nitrogens is 1. The van der Waals surface area contributed by atoms with Gasteiger partial charge in [-0.1, -0.05) is 41.4 Å². The maximum Gasteiger partial charge on any atom is 0.258 e. The lowest BCUT2D eigenvalue weighted by Gasteiger charge is -2.28. The Balaban J connectivity index is 2.24. The molecular formula is C22H25BrN4O2. The van der Waals surface area contributed by atoms with Gasteiger partial charge in [0.25, 0.3) is 5.56 Å². The number of pyridine rings is 1. The summed E-state index contributed by atoms with van der Waals surface area (Å²) in [7, 11) is 3.96. The zero-order valence-corrected chi connectivity index (χ0v) is 18.5. The maximum absolute atomic E-state index is 13.6. The van der Waals surface area contributed by atoms with Gasteiger partial charge in [0.1, 0.15) is 17.4 Å². The van der Waals surface area contributed by atoms with Gasteiger partial charge in [0.05, 0.1) is 11.5 Å². The summed E-state index contributed by atoms with van der Waals surface area (Å²) in [6.45, 7) is 3.39. The van der Waals surface area contributed by atoms with Crippen molar-refractivity contribution in [1.29, 1.82) is 5.26 Å². The molecule has 0 amide bonds. The zero-order chi connectivity index (χ0) is 21.1. The highest BCUT2D eigenvalue weighted by atomic mass is 79.9. The topological polar surface area (TPSA) is 84.3 Å². The van der Waals surface area contributed by atoms with Crippen LogP contribution >= 0.6 is 15.9 Å². The van der Waals surface area contributed by atoms with Crippen LogP contribution in [0.25, 0.3) is 0 Å². The van der Waals surface area contributed by atoms with Crippen molar-refractivity contribution < 1.29 is 4.74 Å². The Kier molecular flexibility index (Phi) is 6.46. The molecule has 1 aliphatic rings. The minimum Gasteiger partial charge on any atom is -0.440 e. The first-order chi connectivity index (χ1) is 13.9. The SMILES string of the molecule is CCCc1cc2c(c(=O)n1CCN(C)C)C(c1ccc(Br)cc1)C(C#N)=C(N)O2. The third-order valence-electron chi connectivity index (χ3n) is 5.05. The average molecular weight is 457 g/mol. The number of nitrogens with zero attached hydrogens (tertiary/aromatic N) is 3. The molecule has 1 aromatic heterocycles. The molecule has 0 fully saturated rings. The molecule has 1 aliphatic heterocycles. The third kappa shape index (κ3) is 4.24. The van der Waals surface area contributed by atoms with Crippen molar-refractivity contribution >= 4 is 15.9 Å². The van der Waals surface area contributed by atoms with E-state index in [1.54, 1.807) is 0 Å². The Labute approximate surface area is 179 Å². The number of nitriles is 1. The Morgan fingerprint density at radius 2 is 2.00 bits per heavy atom. The predicted octanol–water partition coefficient (Wildman–Crippen LogP) is 3.34. The number of hydrogen-bond acceptors (Lipinski definition) is 5. The van der Waals surface area contributed by atoms with Crippen molar-refractivity contribution in [3.05, 3.63) is 73.4 Å². The van der Waals surface area contributed by atoms with Crippen LogP contribution in [0, 0.1) is 11.3 Å². The molecule has 29 heavy (non-hydrogen) atoms. The van der Waals surface area contributed by atoms with Crippen molar-refractivity contribution in [3.63, 3.8) is 0 Å². The number of allylic oxidation sites excluding steroid dienone is 1. The van der Waals surface area contributed by atoms with Crippen LogP contribution in [0.1, 0.15) is 36.1 Å². The minimum absolute atomic E-state index is 0.0563. The minimum atomic E-state index is -0.550. The Morgan fingerprint density at radius 1 is 1.31 bits per heavy atom. The van der Waals surface area contributed by atoms with Crippen LogP contribution < -0.4 is 16.0 Å². The fourth-order valence-electron chi connectivity index (χ4n) is 3.62. The highest BCUT2D eigenvalue weighted by molar-refractivity contribution is 9.10. The van der Waals surface area contributed by atoms with Gasteiger partial charge in [0, 0.05) is 29.3 Å². The van der Waals surface area contributed by atoms with E-state index >= 15 is 0 Å². The largest absolute Gasteiger partial charge is 0.440 e. The van der Waals surface area contributed by atoms with Gasteiger partial charge in [-0.05, 0) is 38.2 Å². The molecule has 0 saturated heterocycles. The number of nitrogens with two attached hydrogens (primary N) is 1. The van der Waals surface area contributed by atoms with E-state index in [9.17, 15) is 10.1 Å². The molecule has 1 unspecified atom stereocenters. The molecule has 0 radical (unpaired) electrons. The van der Waals surface area contributed by atoms with Gasteiger partial charge in [-0.15, -0.1) is 0 Å². The molecule has 0 aliphatic carbocycles. The molecule has 1 atom stereocenters. The van der Waals surface area contributed by atoms with Crippen LogP contribution in [-0.2, 0) is 13.0 Å². The van der Waals surface area contributed by atoms with Crippen LogP contribution in [0.3, 0.4) is 0 Å². The number of rotatable bonds is 6. The Bertz CT molecular complexity index is 1030. The number of likely N-dealkylation sites (N-methyl/N-ethyl adjacent to an activating group) is 1. The molecule has 0 bridgehead atoms. The van der Waals surface area contributed by atoms with E-state index in [0.29, 0.717) is 17.9 Å². The van der Waals surface area contributed by atoms with Gasteiger partial charge in [-0.25, -0.2) is 0 Å². The first kappa shape index (κ1) is 21.2. The molecule has 2 aromatic rings. The summed E-state index contributed by atoms with van der Waals surface area (Å²) in [4.78, 5) is 15.7. The molecule has 1 aromatic carbocycles.